The van der Waals surface area contributed by atoms with Gasteiger partial charge in [-0.25, -0.2) is 0 Å². The zero-order chi connectivity index (χ0) is 19.3. The van der Waals surface area contributed by atoms with E-state index in [1.54, 1.807) is 6.26 Å². The molecular weight excluding hydrogens is 357 g/mol. The number of carbonyl (C=O) groups excluding carboxylic acids is 1. The molecule has 0 saturated carbocycles. The van der Waals surface area contributed by atoms with E-state index in [0.717, 1.165) is 34.1 Å². The molecule has 0 spiro atoms. The van der Waals surface area contributed by atoms with Gasteiger partial charge >= 0.3 is 7.12 Å². The lowest BCUT2D eigenvalue weighted by Crippen LogP contribution is -2.53. The summed E-state index contributed by atoms with van der Waals surface area (Å²) in [5.74, 6) is -1.20. The van der Waals surface area contributed by atoms with Gasteiger partial charge in [-0.2, -0.15) is 0 Å². The molecule has 2 bridgehead atoms. The number of ether oxygens (including phenoxy) is 1. The molecule has 6 nitrogen and oxygen atoms in total. The Morgan fingerprint density at radius 1 is 1.21 bits per heavy atom. The molecule has 1 aromatic heterocycles. The summed E-state index contributed by atoms with van der Waals surface area (Å²) in [4.78, 5) is 13.2. The number of fused-ring (bicyclic) bond motifs is 6. The molecule has 7 heteroatoms. The number of nitrogens with one attached hydrogen (secondary N) is 1. The maximum absolute atomic E-state index is 13.2. The molecule has 28 heavy (non-hydrogen) atoms. The third-order valence-corrected chi connectivity index (χ3v) is 5.89. The van der Waals surface area contributed by atoms with E-state index in [4.69, 9.17) is 9.15 Å². The summed E-state index contributed by atoms with van der Waals surface area (Å²) in [6, 6.07) is 15.3. The maximum atomic E-state index is 13.2. The molecule has 0 unspecified atom stereocenters. The molecular formula is C21H20BNO5. The van der Waals surface area contributed by atoms with Crippen LogP contribution in [0.4, 0.5) is 0 Å². The number of hydrogen-bond donors (Lipinski definition) is 3. The van der Waals surface area contributed by atoms with Crippen molar-refractivity contribution in [3.8, 4) is 0 Å². The summed E-state index contributed by atoms with van der Waals surface area (Å²) in [5, 5.41) is 23.5. The van der Waals surface area contributed by atoms with Crippen LogP contribution in [0.3, 0.4) is 0 Å². The molecule has 3 aromatic rings. The van der Waals surface area contributed by atoms with Crippen LogP contribution in [0.1, 0.15) is 35.6 Å². The highest BCUT2D eigenvalue weighted by Gasteiger charge is 2.55. The SMILES string of the molecule is O=C(N[C@H](Cc1coc2ccccc12)B(O)O)[C@@]12CC[C@@H](O1)c1ccccc12. The van der Waals surface area contributed by atoms with Gasteiger partial charge in [-0.1, -0.05) is 42.5 Å². The minimum atomic E-state index is -1.71. The molecule has 1 fully saturated rings. The van der Waals surface area contributed by atoms with Gasteiger partial charge in [-0.05, 0) is 42.0 Å². The van der Waals surface area contributed by atoms with E-state index in [1.165, 1.54) is 0 Å². The van der Waals surface area contributed by atoms with Gasteiger partial charge in [-0.3, -0.25) is 4.79 Å². The first-order valence-corrected chi connectivity index (χ1v) is 9.48. The van der Waals surface area contributed by atoms with Gasteiger partial charge in [0.1, 0.15) is 5.58 Å². The number of rotatable bonds is 5. The molecule has 2 aliphatic heterocycles. The fourth-order valence-electron chi connectivity index (χ4n) is 4.49. The van der Waals surface area contributed by atoms with Crippen LogP contribution in [0.15, 0.2) is 59.2 Å². The van der Waals surface area contributed by atoms with Gasteiger partial charge in [0, 0.05) is 5.39 Å². The second-order valence-electron chi connectivity index (χ2n) is 7.51. The highest BCUT2D eigenvalue weighted by molar-refractivity contribution is 6.43. The van der Waals surface area contributed by atoms with E-state index >= 15 is 0 Å². The Balaban J connectivity index is 1.41. The summed E-state index contributed by atoms with van der Waals surface area (Å²) < 4.78 is 11.6. The van der Waals surface area contributed by atoms with Crippen molar-refractivity contribution in [1.29, 1.82) is 0 Å². The first-order valence-electron chi connectivity index (χ1n) is 9.48. The van der Waals surface area contributed by atoms with Crippen LogP contribution in [0.5, 0.6) is 0 Å². The number of benzene rings is 2. The second-order valence-corrected chi connectivity index (χ2v) is 7.51. The van der Waals surface area contributed by atoms with Crippen LogP contribution in [0.2, 0.25) is 0 Å². The van der Waals surface area contributed by atoms with Crippen molar-refractivity contribution in [3.05, 3.63) is 71.5 Å². The Hall–Kier alpha value is -2.61. The largest absolute Gasteiger partial charge is 0.475 e. The van der Waals surface area contributed by atoms with Gasteiger partial charge in [0.2, 0.25) is 0 Å². The minimum Gasteiger partial charge on any atom is -0.464 e. The predicted octanol–water partition coefficient (Wildman–Crippen LogP) is 2.23. The monoisotopic (exact) mass is 377 g/mol. The van der Waals surface area contributed by atoms with E-state index in [-0.39, 0.29) is 18.4 Å². The van der Waals surface area contributed by atoms with E-state index in [0.29, 0.717) is 6.42 Å². The molecule has 1 amide bonds. The summed E-state index contributed by atoms with van der Waals surface area (Å²) >= 11 is 0. The number of para-hydroxylation sites is 1. The van der Waals surface area contributed by atoms with Crippen molar-refractivity contribution >= 4 is 24.0 Å². The molecule has 1 saturated heterocycles. The van der Waals surface area contributed by atoms with E-state index < -0.39 is 18.7 Å². The molecule has 0 aliphatic carbocycles. The fourth-order valence-corrected chi connectivity index (χ4v) is 4.49. The van der Waals surface area contributed by atoms with Crippen LogP contribution in [-0.4, -0.2) is 29.0 Å². The van der Waals surface area contributed by atoms with E-state index in [2.05, 4.69) is 5.32 Å². The highest BCUT2D eigenvalue weighted by atomic mass is 16.5. The number of furan rings is 1. The summed E-state index contributed by atoms with van der Waals surface area (Å²) in [7, 11) is -1.71. The molecule has 3 atom stereocenters. The number of amides is 1. The Morgan fingerprint density at radius 2 is 2.00 bits per heavy atom. The fraction of sp³-hybridized carbons (Fsp3) is 0.286. The molecule has 142 valence electrons. The Kier molecular flexibility index (Phi) is 4.05. The van der Waals surface area contributed by atoms with Gasteiger partial charge in [0.15, 0.2) is 5.60 Å². The second kappa shape index (κ2) is 6.48. The van der Waals surface area contributed by atoms with Gasteiger partial charge in [-0.15, -0.1) is 0 Å². The summed E-state index contributed by atoms with van der Waals surface area (Å²) in [6.07, 6.45) is 3.13. The van der Waals surface area contributed by atoms with Crippen LogP contribution < -0.4 is 5.32 Å². The van der Waals surface area contributed by atoms with Crippen molar-refractivity contribution in [3.63, 3.8) is 0 Å². The van der Waals surface area contributed by atoms with Crippen LogP contribution in [0, 0.1) is 0 Å². The molecule has 5 rings (SSSR count). The van der Waals surface area contributed by atoms with Crippen molar-refractivity contribution in [1.82, 2.24) is 5.32 Å². The van der Waals surface area contributed by atoms with Gasteiger partial charge < -0.3 is 24.5 Å². The van der Waals surface area contributed by atoms with Gasteiger partial charge in [0.25, 0.3) is 5.91 Å². The summed E-state index contributed by atoms with van der Waals surface area (Å²) in [5.41, 5.74) is 2.41. The van der Waals surface area contributed by atoms with E-state index in [9.17, 15) is 14.8 Å². The zero-order valence-electron chi connectivity index (χ0n) is 15.2. The molecule has 3 heterocycles. The lowest BCUT2D eigenvalue weighted by Gasteiger charge is -2.28. The van der Waals surface area contributed by atoms with Crippen LogP contribution in [0.25, 0.3) is 11.0 Å². The summed E-state index contributed by atoms with van der Waals surface area (Å²) in [6.45, 7) is 0. The first kappa shape index (κ1) is 17.5. The third-order valence-electron chi connectivity index (χ3n) is 5.89. The normalized spacial score (nSPS) is 23.6. The smallest absolute Gasteiger partial charge is 0.464 e. The average Bonchev–Trinajstić information content (AvgIpc) is 3.41. The van der Waals surface area contributed by atoms with E-state index in [1.807, 2.05) is 48.5 Å². The van der Waals surface area contributed by atoms with Crippen molar-refractivity contribution in [2.75, 3.05) is 0 Å². The third kappa shape index (κ3) is 2.58. The first-order chi connectivity index (χ1) is 13.6. The maximum Gasteiger partial charge on any atom is 0.475 e. The quantitative estimate of drug-likeness (QED) is 0.593. The van der Waals surface area contributed by atoms with Crippen molar-refractivity contribution in [2.45, 2.75) is 36.9 Å². The van der Waals surface area contributed by atoms with Gasteiger partial charge in [0.05, 0.1) is 18.3 Å². The Labute approximate surface area is 162 Å². The average molecular weight is 377 g/mol. The van der Waals surface area contributed by atoms with Crippen LogP contribution in [-0.2, 0) is 21.6 Å². The number of carbonyl (C=O) groups is 1. The topological polar surface area (TPSA) is 91.9 Å². The molecule has 0 radical (unpaired) electrons. The van der Waals surface area contributed by atoms with Crippen molar-refractivity contribution in [2.24, 2.45) is 0 Å². The zero-order valence-corrected chi connectivity index (χ0v) is 15.2. The lowest BCUT2D eigenvalue weighted by atomic mass is 9.74. The predicted molar refractivity (Wildman–Crippen MR) is 103 cm³/mol. The Bertz CT molecular complexity index is 1050. The van der Waals surface area contributed by atoms with Crippen LogP contribution >= 0.6 is 0 Å². The standard InChI is InChI=1S/C21H20BNO5/c24-20(21-10-9-18(28-21)15-6-1-3-7-16(15)21)23-19(22(25)26)11-13-12-27-17-8-4-2-5-14(13)17/h1-8,12,18-19,25-26H,9-11H2,(H,23,24)/t18-,19-,21+/m1/s1. The Morgan fingerprint density at radius 3 is 2.86 bits per heavy atom. The molecule has 3 N–H and O–H groups in total. The van der Waals surface area contributed by atoms with Crippen molar-refractivity contribution < 1.29 is 24.0 Å². The number of hydrogen-bond acceptors (Lipinski definition) is 5. The lowest BCUT2D eigenvalue weighted by molar-refractivity contribution is -0.144. The highest BCUT2D eigenvalue weighted by Crippen LogP contribution is 2.54. The molecule has 2 aliphatic rings. The molecule has 2 aromatic carbocycles. The minimum absolute atomic E-state index is 0.0720.